The summed E-state index contributed by atoms with van der Waals surface area (Å²) in [7, 11) is 0. The van der Waals surface area contributed by atoms with Gasteiger partial charge in [-0.3, -0.25) is 0 Å². The van der Waals surface area contributed by atoms with Crippen LogP contribution in [0.3, 0.4) is 0 Å². The molecule has 0 bridgehead atoms. The van der Waals surface area contributed by atoms with Crippen LogP contribution in [0.4, 0.5) is 4.79 Å². The summed E-state index contributed by atoms with van der Waals surface area (Å²) in [6, 6.07) is -0.212. The number of urea groups is 1. The van der Waals surface area contributed by atoms with Crippen LogP contribution in [0.2, 0.25) is 0 Å². The van der Waals surface area contributed by atoms with Gasteiger partial charge in [0.05, 0.1) is 6.10 Å². The van der Waals surface area contributed by atoms with E-state index in [-0.39, 0.29) is 18.0 Å². The Bertz CT molecular complexity index is 506. The van der Waals surface area contributed by atoms with Crippen LogP contribution < -0.4 is 10.6 Å². The molecule has 0 spiro atoms. The Balaban J connectivity index is 2.28. The minimum absolute atomic E-state index is 0.0659. The fourth-order valence-corrected chi connectivity index (χ4v) is 2.94. The summed E-state index contributed by atoms with van der Waals surface area (Å²) in [6.45, 7) is 4.82. The van der Waals surface area contributed by atoms with E-state index in [1.54, 1.807) is 6.92 Å². The van der Waals surface area contributed by atoms with Gasteiger partial charge in [-0.25, -0.2) is 4.79 Å². The fraction of sp³-hybridized carbons (Fsp3) is 0.609. The molecule has 0 fully saturated rings. The Morgan fingerprint density at radius 1 is 1.07 bits per heavy atom. The molecule has 1 rings (SSSR count). The average Bonchev–Trinajstić information content (AvgIpc) is 2.66. The molecule has 0 heterocycles. The zero-order valence-corrected chi connectivity index (χ0v) is 17.1. The highest BCUT2D eigenvalue weighted by atomic mass is 16.3. The molecule has 0 aromatic heterocycles. The van der Waals surface area contributed by atoms with E-state index in [1.165, 1.54) is 19.3 Å². The molecule has 2 amide bonds. The lowest BCUT2D eigenvalue weighted by Gasteiger charge is -2.22. The highest BCUT2D eigenvalue weighted by molar-refractivity contribution is 5.73. The number of hydrogen-bond donors (Lipinski definition) is 3. The molecular formula is C23H38N2O2. The topological polar surface area (TPSA) is 61.4 Å². The van der Waals surface area contributed by atoms with Crippen molar-refractivity contribution in [3.8, 4) is 0 Å². The minimum atomic E-state index is -0.517. The third-order valence-corrected chi connectivity index (χ3v) is 4.51. The molecule has 0 aliphatic heterocycles. The summed E-state index contributed by atoms with van der Waals surface area (Å²) in [5.41, 5.74) is -0.0659. The normalized spacial score (nSPS) is 16.9. The zero-order chi connectivity index (χ0) is 19.8. The molecule has 0 saturated carbocycles. The Hall–Kier alpha value is -1.81. The van der Waals surface area contributed by atoms with Gasteiger partial charge in [0.25, 0.3) is 0 Å². The van der Waals surface area contributed by atoms with Gasteiger partial charge in [-0.1, -0.05) is 68.4 Å². The molecule has 0 aromatic carbocycles. The maximum atomic E-state index is 11.5. The van der Waals surface area contributed by atoms with Crippen molar-refractivity contribution in [1.82, 2.24) is 10.6 Å². The van der Waals surface area contributed by atoms with E-state index in [1.807, 2.05) is 0 Å². The van der Waals surface area contributed by atoms with Crippen LogP contribution in [0.5, 0.6) is 0 Å². The van der Waals surface area contributed by atoms with Gasteiger partial charge in [0.1, 0.15) is 0 Å². The van der Waals surface area contributed by atoms with Crippen LogP contribution in [0.25, 0.3) is 0 Å². The largest absolute Gasteiger partial charge is 0.392 e. The van der Waals surface area contributed by atoms with Crippen molar-refractivity contribution in [2.75, 3.05) is 13.1 Å². The van der Waals surface area contributed by atoms with Crippen LogP contribution in [0.1, 0.15) is 65.2 Å². The van der Waals surface area contributed by atoms with Gasteiger partial charge in [0, 0.05) is 18.5 Å². The summed E-state index contributed by atoms with van der Waals surface area (Å²) in [6.07, 6.45) is 26.7. The molecule has 27 heavy (non-hydrogen) atoms. The average molecular weight is 375 g/mol. The Kier molecular flexibility index (Phi) is 12.3. The van der Waals surface area contributed by atoms with E-state index in [0.29, 0.717) is 6.54 Å². The fourth-order valence-electron chi connectivity index (χ4n) is 2.94. The summed E-state index contributed by atoms with van der Waals surface area (Å²) in [5, 5.41) is 14.6. The molecular weight excluding hydrogens is 336 g/mol. The van der Waals surface area contributed by atoms with Gasteiger partial charge in [-0.2, -0.15) is 0 Å². The van der Waals surface area contributed by atoms with Crippen molar-refractivity contribution in [2.45, 2.75) is 71.3 Å². The third kappa shape index (κ3) is 11.5. The molecule has 1 aliphatic rings. The zero-order valence-electron chi connectivity index (χ0n) is 17.1. The van der Waals surface area contributed by atoms with E-state index in [2.05, 4.69) is 66.2 Å². The van der Waals surface area contributed by atoms with Gasteiger partial charge >= 0.3 is 6.03 Å². The maximum Gasteiger partial charge on any atom is 0.314 e. The lowest BCUT2D eigenvalue weighted by atomic mass is 9.82. The second kappa shape index (κ2) is 14.3. The van der Waals surface area contributed by atoms with E-state index in [0.717, 1.165) is 32.1 Å². The number of allylic oxidation sites excluding steroid dienone is 8. The van der Waals surface area contributed by atoms with Crippen molar-refractivity contribution in [1.29, 1.82) is 0 Å². The summed E-state index contributed by atoms with van der Waals surface area (Å²) in [4.78, 5) is 11.5. The molecule has 0 unspecified atom stereocenters. The summed E-state index contributed by atoms with van der Waals surface area (Å²) < 4.78 is 0. The number of unbranched alkanes of at least 4 members (excludes halogenated alkanes) is 5. The molecule has 0 radical (unpaired) electrons. The van der Waals surface area contributed by atoms with Crippen LogP contribution in [-0.2, 0) is 0 Å². The second-order valence-corrected chi connectivity index (χ2v) is 7.32. The molecule has 0 saturated heterocycles. The molecule has 4 heteroatoms. The van der Waals surface area contributed by atoms with E-state index in [9.17, 15) is 4.79 Å². The van der Waals surface area contributed by atoms with Gasteiger partial charge in [-0.05, 0) is 45.4 Å². The van der Waals surface area contributed by atoms with Gasteiger partial charge in [0.15, 0.2) is 0 Å². The number of hydrogen-bond acceptors (Lipinski definition) is 2. The first-order valence-electron chi connectivity index (χ1n) is 10.5. The van der Waals surface area contributed by atoms with Crippen LogP contribution >= 0.6 is 0 Å². The molecule has 152 valence electrons. The quantitative estimate of drug-likeness (QED) is 0.313. The Labute approximate surface area is 165 Å². The summed E-state index contributed by atoms with van der Waals surface area (Å²) >= 11 is 0. The van der Waals surface area contributed by atoms with Crippen molar-refractivity contribution < 1.29 is 9.90 Å². The van der Waals surface area contributed by atoms with E-state index < -0.39 is 6.10 Å². The Morgan fingerprint density at radius 2 is 1.70 bits per heavy atom. The van der Waals surface area contributed by atoms with Gasteiger partial charge in [-0.15, -0.1) is 0 Å². The smallest absolute Gasteiger partial charge is 0.314 e. The van der Waals surface area contributed by atoms with Crippen molar-refractivity contribution in [3.05, 3.63) is 48.6 Å². The number of aliphatic hydroxyl groups is 1. The van der Waals surface area contributed by atoms with Crippen LogP contribution in [0.15, 0.2) is 48.6 Å². The molecule has 1 aliphatic carbocycles. The van der Waals surface area contributed by atoms with Crippen LogP contribution in [0, 0.1) is 5.41 Å². The second-order valence-electron chi connectivity index (χ2n) is 7.32. The van der Waals surface area contributed by atoms with Gasteiger partial charge in [0.2, 0.25) is 0 Å². The monoisotopic (exact) mass is 374 g/mol. The van der Waals surface area contributed by atoms with Gasteiger partial charge < -0.3 is 15.7 Å². The number of carbonyl (C=O) groups excluding carboxylic acids is 1. The summed E-state index contributed by atoms with van der Waals surface area (Å²) in [5.74, 6) is 0. The van der Waals surface area contributed by atoms with Crippen LogP contribution in [-0.4, -0.2) is 30.3 Å². The van der Waals surface area contributed by atoms with E-state index in [4.69, 9.17) is 5.11 Å². The van der Waals surface area contributed by atoms with Crippen molar-refractivity contribution in [2.24, 2.45) is 5.41 Å². The third-order valence-electron chi connectivity index (χ3n) is 4.51. The predicted octanol–water partition coefficient (Wildman–Crippen LogP) is 5.03. The first kappa shape index (κ1) is 23.2. The SMILES string of the molecule is CCCCCC=CC1(C=CCCCCNC(=O)NC[C@H](C)O)C=CCC=C1. The predicted molar refractivity (Wildman–Crippen MR) is 115 cm³/mol. The number of aliphatic hydroxyl groups excluding tert-OH is 1. The maximum absolute atomic E-state index is 11.5. The lowest BCUT2D eigenvalue weighted by molar-refractivity contribution is 0.187. The first-order chi connectivity index (χ1) is 13.1. The molecule has 0 aromatic rings. The Morgan fingerprint density at radius 3 is 2.30 bits per heavy atom. The molecule has 4 nitrogen and oxygen atoms in total. The first-order valence-corrected chi connectivity index (χ1v) is 10.5. The van der Waals surface area contributed by atoms with E-state index >= 15 is 0 Å². The number of carbonyl (C=O) groups is 1. The van der Waals surface area contributed by atoms with Crippen molar-refractivity contribution in [3.63, 3.8) is 0 Å². The highest BCUT2D eigenvalue weighted by Crippen LogP contribution is 2.29. The highest BCUT2D eigenvalue weighted by Gasteiger charge is 2.17. The van der Waals surface area contributed by atoms with Crippen molar-refractivity contribution >= 4 is 6.03 Å². The molecule has 1 atom stereocenters. The number of nitrogens with one attached hydrogen (secondary N) is 2. The standard InChI is InChI=1S/C23H38N2O2/c1-3-4-5-6-10-15-23(17-12-9-13-18-23)16-11-7-8-14-19-24-22(27)25-20-21(2)26/h10-13,15-18,21,26H,3-9,14,19-20H2,1-2H3,(H2,24,25,27)/t21-/m0/s1. The molecule has 3 N–H and O–H groups in total. The minimum Gasteiger partial charge on any atom is -0.392 e. The lowest BCUT2D eigenvalue weighted by Crippen LogP contribution is -2.39. The number of rotatable bonds is 13. The number of amides is 2.